The monoisotopic (exact) mass is 244 g/mol. The maximum Gasteiger partial charge on any atom is 0.0174 e. The molecule has 3 unspecified atom stereocenters. The lowest BCUT2D eigenvalue weighted by Crippen LogP contribution is -2.46. The number of hydrogen-bond donors (Lipinski definition) is 1. The minimum absolute atomic E-state index is 0.103. The molecule has 18 heavy (non-hydrogen) atoms. The molecular weight excluding hydrogens is 220 g/mol. The number of likely N-dealkylation sites (tertiary alicyclic amines) is 1. The predicted octanol–water partition coefficient (Wildman–Crippen LogP) is 2.39. The first-order chi connectivity index (χ1) is 8.71. The third-order valence-corrected chi connectivity index (χ3v) is 5.00. The summed E-state index contributed by atoms with van der Waals surface area (Å²) in [6.07, 6.45) is 4.28. The number of benzene rings is 1. The third kappa shape index (κ3) is 2.08. The molecule has 1 aromatic rings. The van der Waals surface area contributed by atoms with Crippen LogP contribution in [-0.4, -0.2) is 30.6 Å². The van der Waals surface area contributed by atoms with Gasteiger partial charge in [-0.3, -0.25) is 4.90 Å². The first-order valence-corrected chi connectivity index (χ1v) is 7.21. The Morgan fingerprint density at radius 2 is 2.06 bits per heavy atom. The minimum atomic E-state index is 0.103. The van der Waals surface area contributed by atoms with Crippen LogP contribution in [0, 0.1) is 5.92 Å². The third-order valence-electron chi connectivity index (χ3n) is 5.00. The van der Waals surface area contributed by atoms with E-state index in [1.54, 1.807) is 0 Å². The maximum atomic E-state index is 6.09. The van der Waals surface area contributed by atoms with Gasteiger partial charge >= 0.3 is 0 Å². The smallest absolute Gasteiger partial charge is 0.0174 e. The average molecular weight is 244 g/mol. The fraction of sp³-hybridized carbons (Fsp3) is 0.625. The second-order valence-corrected chi connectivity index (χ2v) is 6.39. The van der Waals surface area contributed by atoms with Crippen LogP contribution in [0.1, 0.15) is 31.7 Å². The van der Waals surface area contributed by atoms with Crippen molar-refractivity contribution in [1.82, 2.24) is 4.90 Å². The highest BCUT2D eigenvalue weighted by molar-refractivity contribution is 5.25. The van der Waals surface area contributed by atoms with Gasteiger partial charge in [0.05, 0.1) is 0 Å². The Balaban J connectivity index is 1.76. The maximum absolute atomic E-state index is 6.09. The van der Waals surface area contributed by atoms with E-state index in [1.165, 1.54) is 31.4 Å². The van der Waals surface area contributed by atoms with Crippen molar-refractivity contribution in [3.63, 3.8) is 0 Å². The average Bonchev–Trinajstić information content (AvgIpc) is 3.02. The molecular formula is C16H24N2. The first kappa shape index (κ1) is 12.2. The van der Waals surface area contributed by atoms with Crippen molar-refractivity contribution in [2.45, 2.75) is 37.6 Å². The molecule has 1 aromatic carbocycles. The molecule has 2 nitrogen and oxygen atoms in total. The molecule has 3 rings (SSSR count). The molecule has 2 fully saturated rings. The molecule has 1 saturated heterocycles. The predicted molar refractivity (Wildman–Crippen MR) is 75.6 cm³/mol. The Hall–Kier alpha value is -0.860. The van der Waals surface area contributed by atoms with Crippen molar-refractivity contribution >= 4 is 0 Å². The summed E-state index contributed by atoms with van der Waals surface area (Å²) in [6, 6.07) is 11.6. The van der Waals surface area contributed by atoms with Crippen LogP contribution >= 0.6 is 0 Å². The van der Waals surface area contributed by atoms with Gasteiger partial charge in [0.15, 0.2) is 0 Å². The van der Waals surface area contributed by atoms with E-state index in [9.17, 15) is 0 Å². The van der Waals surface area contributed by atoms with E-state index >= 15 is 0 Å². The lowest BCUT2D eigenvalue weighted by atomic mass is 9.81. The summed E-state index contributed by atoms with van der Waals surface area (Å²) in [5.74, 6) is 0.966. The first-order valence-electron chi connectivity index (χ1n) is 7.21. The largest absolute Gasteiger partial charge is 0.330 e. The Labute approximate surface area is 110 Å². The number of nitrogens with zero attached hydrogens (tertiary/aromatic N) is 1. The summed E-state index contributed by atoms with van der Waals surface area (Å²) < 4.78 is 0. The number of fused-ring (bicyclic) bond motifs is 2. The van der Waals surface area contributed by atoms with Gasteiger partial charge in [-0.25, -0.2) is 0 Å². The fourth-order valence-electron chi connectivity index (χ4n) is 3.78. The zero-order valence-corrected chi connectivity index (χ0v) is 11.3. The van der Waals surface area contributed by atoms with Crippen molar-refractivity contribution in [3.8, 4) is 0 Å². The lowest BCUT2D eigenvalue weighted by molar-refractivity contribution is 0.172. The van der Waals surface area contributed by atoms with Gasteiger partial charge in [-0.05, 0) is 30.7 Å². The summed E-state index contributed by atoms with van der Waals surface area (Å²) in [7, 11) is 0. The molecule has 1 heterocycles. The molecule has 2 heteroatoms. The summed E-state index contributed by atoms with van der Waals surface area (Å²) in [5.41, 5.74) is 7.58. The Morgan fingerprint density at radius 3 is 2.61 bits per heavy atom. The Bertz CT molecular complexity index is 403. The van der Waals surface area contributed by atoms with E-state index in [0.29, 0.717) is 0 Å². The van der Waals surface area contributed by atoms with Gasteiger partial charge in [-0.1, -0.05) is 37.3 Å². The number of nitrogens with two attached hydrogens (primary N) is 1. The highest BCUT2D eigenvalue weighted by atomic mass is 15.2. The lowest BCUT2D eigenvalue weighted by Gasteiger charge is -2.37. The van der Waals surface area contributed by atoms with E-state index < -0.39 is 0 Å². The van der Waals surface area contributed by atoms with Crippen molar-refractivity contribution in [3.05, 3.63) is 35.9 Å². The van der Waals surface area contributed by atoms with Crippen LogP contribution in [0.25, 0.3) is 0 Å². The molecule has 2 N–H and O–H groups in total. The topological polar surface area (TPSA) is 29.3 Å². The van der Waals surface area contributed by atoms with Crippen molar-refractivity contribution in [2.24, 2.45) is 11.7 Å². The van der Waals surface area contributed by atoms with Crippen molar-refractivity contribution < 1.29 is 0 Å². The van der Waals surface area contributed by atoms with Crippen LogP contribution < -0.4 is 5.73 Å². The second kappa shape index (κ2) is 4.67. The zero-order valence-electron chi connectivity index (χ0n) is 11.3. The molecule has 1 aliphatic carbocycles. The molecule has 0 spiro atoms. The number of piperidine rings is 1. The van der Waals surface area contributed by atoms with Gasteiger partial charge in [0.2, 0.25) is 0 Å². The van der Waals surface area contributed by atoms with Crippen LogP contribution in [0.3, 0.4) is 0 Å². The fourth-order valence-corrected chi connectivity index (χ4v) is 3.78. The molecule has 2 bridgehead atoms. The van der Waals surface area contributed by atoms with Crippen LogP contribution in [0.15, 0.2) is 30.3 Å². The number of hydrogen-bond acceptors (Lipinski definition) is 2. The van der Waals surface area contributed by atoms with Crippen molar-refractivity contribution in [1.29, 1.82) is 0 Å². The second-order valence-electron chi connectivity index (χ2n) is 6.39. The normalized spacial score (nSPS) is 30.6. The van der Waals surface area contributed by atoms with E-state index in [4.69, 9.17) is 5.73 Å². The highest BCUT2D eigenvalue weighted by Gasteiger charge is 2.40. The molecule has 0 aromatic heterocycles. The van der Waals surface area contributed by atoms with Gasteiger partial charge in [-0.15, -0.1) is 0 Å². The quantitative estimate of drug-likeness (QED) is 0.881. The van der Waals surface area contributed by atoms with E-state index in [1.807, 2.05) is 0 Å². The molecule has 0 amide bonds. The highest BCUT2D eigenvalue weighted by Crippen LogP contribution is 2.39. The number of rotatable bonds is 4. The SMILES string of the molecule is CC(CN)(CN1CC2CCC1C2)c1ccccc1. The summed E-state index contributed by atoms with van der Waals surface area (Å²) in [6.45, 7) is 5.46. The zero-order chi connectivity index (χ0) is 12.6. The minimum Gasteiger partial charge on any atom is -0.330 e. The van der Waals surface area contributed by atoms with E-state index in [-0.39, 0.29) is 5.41 Å². The van der Waals surface area contributed by atoms with Crippen LogP contribution in [0.4, 0.5) is 0 Å². The van der Waals surface area contributed by atoms with Gasteiger partial charge in [0.25, 0.3) is 0 Å². The molecule has 98 valence electrons. The molecule has 3 atom stereocenters. The van der Waals surface area contributed by atoms with Crippen LogP contribution in [-0.2, 0) is 5.41 Å². The Morgan fingerprint density at radius 1 is 1.28 bits per heavy atom. The summed E-state index contributed by atoms with van der Waals surface area (Å²) in [4.78, 5) is 2.69. The van der Waals surface area contributed by atoms with Gasteiger partial charge in [0.1, 0.15) is 0 Å². The van der Waals surface area contributed by atoms with E-state index in [0.717, 1.165) is 25.0 Å². The summed E-state index contributed by atoms with van der Waals surface area (Å²) >= 11 is 0. The van der Waals surface area contributed by atoms with Gasteiger partial charge in [0, 0.05) is 31.1 Å². The Kier molecular flexibility index (Phi) is 3.16. The van der Waals surface area contributed by atoms with Gasteiger partial charge in [-0.2, -0.15) is 0 Å². The molecule has 1 aliphatic heterocycles. The molecule has 2 aliphatic rings. The van der Waals surface area contributed by atoms with Crippen LogP contribution in [0.2, 0.25) is 0 Å². The molecule has 1 saturated carbocycles. The standard InChI is InChI=1S/C16H24N2/c1-16(11-17,14-5-3-2-4-6-14)12-18-10-13-7-8-15(18)9-13/h2-6,13,15H,7-12,17H2,1H3. The van der Waals surface area contributed by atoms with Crippen molar-refractivity contribution in [2.75, 3.05) is 19.6 Å². The molecule has 0 radical (unpaired) electrons. The van der Waals surface area contributed by atoms with Crippen LogP contribution in [0.5, 0.6) is 0 Å². The summed E-state index contributed by atoms with van der Waals surface area (Å²) in [5, 5.41) is 0. The van der Waals surface area contributed by atoms with Gasteiger partial charge < -0.3 is 5.73 Å². The van der Waals surface area contributed by atoms with E-state index in [2.05, 4.69) is 42.2 Å².